The Labute approximate surface area is 170 Å². The van der Waals surface area contributed by atoms with E-state index in [9.17, 15) is 14.9 Å². The summed E-state index contributed by atoms with van der Waals surface area (Å²) >= 11 is 0. The molecule has 1 unspecified atom stereocenters. The number of hydrogen-bond donors (Lipinski definition) is 1. The Morgan fingerprint density at radius 1 is 1.28 bits per heavy atom. The number of likely N-dealkylation sites (tertiary alicyclic amines) is 1. The van der Waals surface area contributed by atoms with Crippen LogP contribution in [0.4, 0.5) is 11.4 Å². The molecule has 0 bridgehead atoms. The van der Waals surface area contributed by atoms with Crippen LogP contribution in [0.25, 0.3) is 0 Å². The molecule has 0 radical (unpaired) electrons. The molecule has 2 aromatic carbocycles. The van der Waals surface area contributed by atoms with Crippen LogP contribution < -0.4 is 5.32 Å². The molecule has 1 heterocycles. The maximum absolute atomic E-state index is 11.9. The summed E-state index contributed by atoms with van der Waals surface area (Å²) in [5.41, 5.74) is 2.76. The summed E-state index contributed by atoms with van der Waals surface area (Å²) in [6, 6.07) is 12.7. The number of carbonyl (C=O) groups excluding carboxylic acids is 1. The second-order valence-corrected chi connectivity index (χ2v) is 7.59. The highest BCUT2D eigenvalue weighted by molar-refractivity contribution is 5.95. The van der Waals surface area contributed by atoms with Crippen molar-refractivity contribution in [3.63, 3.8) is 0 Å². The normalized spacial score (nSPS) is 17.0. The van der Waals surface area contributed by atoms with Crippen molar-refractivity contribution >= 4 is 17.3 Å². The SMILES string of the molecule is COC(=O)c1cc(NCc2ccccc2CN2CCCC(C)C2)ccc1[N+](=O)[O-]. The van der Waals surface area contributed by atoms with E-state index < -0.39 is 10.9 Å². The minimum absolute atomic E-state index is 0.0573. The fourth-order valence-electron chi connectivity index (χ4n) is 3.83. The number of esters is 1. The van der Waals surface area contributed by atoms with Gasteiger partial charge in [0.05, 0.1) is 12.0 Å². The van der Waals surface area contributed by atoms with Crippen molar-refractivity contribution in [2.45, 2.75) is 32.9 Å². The lowest BCUT2D eigenvalue weighted by atomic mass is 9.99. The van der Waals surface area contributed by atoms with Crippen LogP contribution in [0.2, 0.25) is 0 Å². The standard InChI is InChI=1S/C22H27N3O4/c1-16-6-5-11-24(14-16)15-18-8-4-3-7-17(18)13-23-19-9-10-21(25(27)28)20(12-19)22(26)29-2/h3-4,7-10,12,16,23H,5-6,11,13-15H2,1-2H3. The Hall–Kier alpha value is -2.93. The van der Waals surface area contributed by atoms with Crippen molar-refractivity contribution in [1.82, 2.24) is 4.90 Å². The van der Waals surface area contributed by atoms with Gasteiger partial charge in [-0.2, -0.15) is 0 Å². The summed E-state index contributed by atoms with van der Waals surface area (Å²) in [7, 11) is 1.21. The monoisotopic (exact) mass is 397 g/mol. The Morgan fingerprint density at radius 2 is 2.03 bits per heavy atom. The van der Waals surface area contributed by atoms with E-state index in [2.05, 4.69) is 34.0 Å². The predicted molar refractivity (Wildman–Crippen MR) is 112 cm³/mol. The first-order valence-corrected chi connectivity index (χ1v) is 9.87. The van der Waals surface area contributed by atoms with E-state index in [1.807, 2.05) is 12.1 Å². The molecule has 1 aliphatic rings. The summed E-state index contributed by atoms with van der Waals surface area (Å²) in [5.74, 6) is 0.00542. The lowest BCUT2D eigenvalue weighted by Gasteiger charge is -2.31. The van der Waals surface area contributed by atoms with Crippen molar-refractivity contribution in [2.75, 3.05) is 25.5 Å². The molecule has 0 aromatic heterocycles. The second-order valence-electron chi connectivity index (χ2n) is 7.59. The third-order valence-corrected chi connectivity index (χ3v) is 5.33. The second kappa shape index (κ2) is 9.52. The third kappa shape index (κ3) is 5.32. The predicted octanol–water partition coefficient (Wildman–Crippen LogP) is 4.23. The summed E-state index contributed by atoms with van der Waals surface area (Å²) < 4.78 is 4.68. The van der Waals surface area contributed by atoms with Crippen molar-refractivity contribution in [3.05, 3.63) is 69.3 Å². The minimum Gasteiger partial charge on any atom is -0.465 e. The Kier molecular flexibility index (Phi) is 6.82. The number of anilines is 1. The van der Waals surface area contributed by atoms with E-state index in [1.165, 1.54) is 43.2 Å². The molecule has 1 atom stereocenters. The average Bonchev–Trinajstić information content (AvgIpc) is 2.72. The fourth-order valence-corrected chi connectivity index (χ4v) is 3.83. The lowest BCUT2D eigenvalue weighted by molar-refractivity contribution is -0.385. The van der Waals surface area contributed by atoms with Crippen molar-refractivity contribution in [1.29, 1.82) is 0 Å². The zero-order chi connectivity index (χ0) is 20.8. The van der Waals surface area contributed by atoms with E-state index >= 15 is 0 Å². The molecule has 0 spiro atoms. The first-order valence-electron chi connectivity index (χ1n) is 9.87. The highest BCUT2D eigenvalue weighted by Crippen LogP contribution is 2.25. The molecular formula is C22H27N3O4. The van der Waals surface area contributed by atoms with Crippen LogP contribution in [-0.4, -0.2) is 36.0 Å². The summed E-state index contributed by atoms with van der Waals surface area (Å²) in [5, 5.41) is 14.4. The van der Waals surface area contributed by atoms with Gasteiger partial charge in [-0.25, -0.2) is 4.79 Å². The summed E-state index contributed by atoms with van der Waals surface area (Å²) in [6.07, 6.45) is 2.53. The summed E-state index contributed by atoms with van der Waals surface area (Å²) in [4.78, 5) is 25.0. The van der Waals surface area contributed by atoms with Gasteiger partial charge >= 0.3 is 5.97 Å². The van der Waals surface area contributed by atoms with Crippen molar-refractivity contribution in [3.8, 4) is 0 Å². The maximum Gasteiger partial charge on any atom is 0.344 e. The zero-order valence-electron chi connectivity index (χ0n) is 16.9. The maximum atomic E-state index is 11.9. The van der Waals surface area contributed by atoms with Crippen LogP contribution in [0, 0.1) is 16.0 Å². The molecule has 1 fully saturated rings. The van der Waals surface area contributed by atoms with Gasteiger partial charge in [-0.15, -0.1) is 0 Å². The van der Waals surface area contributed by atoms with Crippen LogP contribution in [-0.2, 0) is 17.8 Å². The number of carbonyl (C=O) groups is 1. The molecule has 0 aliphatic carbocycles. The molecule has 1 N–H and O–H groups in total. The van der Waals surface area contributed by atoms with Crippen LogP contribution in [0.5, 0.6) is 0 Å². The first kappa shape index (κ1) is 20.8. The van der Waals surface area contributed by atoms with Gasteiger partial charge < -0.3 is 10.1 Å². The topological polar surface area (TPSA) is 84.7 Å². The first-order chi connectivity index (χ1) is 14.0. The number of piperidine rings is 1. The van der Waals surface area contributed by atoms with Crippen LogP contribution >= 0.6 is 0 Å². The fraction of sp³-hybridized carbons (Fsp3) is 0.409. The van der Waals surface area contributed by atoms with E-state index in [1.54, 1.807) is 6.07 Å². The Bertz CT molecular complexity index is 884. The number of nitrogens with zero attached hydrogens (tertiary/aromatic N) is 2. The van der Waals surface area contributed by atoms with Gasteiger partial charge in [-0.3, -0.25) is 15.0 Å². The van der Waals surface area contributed by atoms with Crippen LogP contribution in [0.15, 0.2) is 42.5 Å². The van der Waals surface area contributed by atoms with Crippen molar-refractivity contribution in [2.24, 2.45) is 5.92 Å². The number of benzene rings is 2. The molecule has 154 valence electrons. The van der Waals surface area contributed by atoms with E-state index in [0.717, 1.165) is 25.6 Å². The third-order valence-electron chi connectivity index (χ3n) is 5.33. The summed E-state index contributed by atoms with van der Waals surface area (Å²) in [6.45, 7) is 6.02. The minimum atomic E-state index is -0.722. The molecular weight excluding hydrogens is 370 g/mol. The van der Waals surface area contributed by atoms with Crippen molar-refractivity contribution < 1.29 is 14.5 Å². The molecule has 1 saturated heterocycles. The molecule has 7 heteroatoms. The smallest absolute Gasteiger partial charge is 0.344 e. The molecule has 29 heavy (non-hydrogen) atoms. The quantitative estimate of drug-likeness (QED) is 0.428. The Balaban J connectivity index is 1.73. The number of ether oxygens (including phenoxy) is 1. The molecule has 3 rings (SSSR count). The molecule has 0 saturated carbocycles. The zero-order valence-corrected chi connectivity index (χ0v) is 16.9. The van der Waals surface area contributed by atoms with Gasteiger partial charge in [-0.1, -0.05) is 31.2 Å². The van der Waals surface area contributed by atoms with E-state index in [-0.39, 0.29) is 11.3 Å². The highest BCUT2D eigenvalue weighted by Gasteiger charge is 2.21. The number of methoxy groups -OCH3 is 1. The van der Waals surface area contributed by atoms with Gasteiger partial charge in [0, 0.05) is 31.4 Å². The van der Waals surface area contributed by atoms with E-state index in [4.69, 9.17) is 0 Å². The van der Waals surface area contributed by atoms with Gasteiger partial charge in [-0.05, 0) is 48.6 Å². The highest BCUT2D eigenvalue weighted by atomic mass is 16.6. The molecule has 0 amide bonds. The molecule has 2 aromatic rings. The average molecular weight is 397 g/mol. The van der Waals surface area contributed by atoms with Crippen LogP contribution in [0.3, 0.4) is 0 Å². The number of hydrogen-bond acceptors (Lipinski definition) is 6. The van der Waals surface area contributed by atoms with Gasteiger partial charge in [0.1, 0.15) is 5.56 Å². The lowest BCUT2D eigenvalue weighted by Crippen LogP contribution is -2.34. The number of nitro groups is 1. The van der Waals surface area contributed by atoms with Gasteiger partial charge in [0.25, 0.3) is 5.69 Å². The number of nitro benzene ring substituents is 1. The number of rotatable bonds is 7. The van der Waals surface area contributed by atoms with E-state index in [0.29, 0.717) is 12.2 Å². The Morgan fingerprint density at radius 3 is 2.72 bits per heavy atom. The largest absolute Gasteiger partial charge is 0.465 e. The van der Waals surface area contributed by atoms with Crippen LogP contribution in [0.1, 0.15) is 41.3 Å². The van der Waals surface area contributed by atoms with Gasteiger partial charge in [0.15, 0.2) is 0 Å². The molecule has 7 nitrogen and oxygen atoms in total. The van der Waals surface area contributed by atoms with Gasteiger partial charge in [0.2, 0.25) is 0 Å². The number of nitrogens with one attached hydrogen (secondary N) is 1. The molecule has 1 aliphatic heterocycles.